The molecule has 0 radical (unpaired) electrons. The number of carbonyl (C=O) groups is 2. The van der Waals surface area contributed by atoms with Crippen molar-refractivity contribution < 1.29 is 22.7 Å². The number of nitrogens with one attached hydrogen (secondary N) is 1. The van der Waals surface area contributed by atoms with Crippen LogP contribution in [0.15, 0.2) is 42.5 Å². The van der Waals surface area contributed by atoms with Gasteiger partial charge in [-0.15, -0.1) is 0 Å². The molecule has 0 aliphatic heterocycles. The van der Waals surface area contributed by atoms with Crippen molar-refractivity contribution in [2.45, 2.75) is 58.5 Å². The van der Waals surface area contributed by atoms with Crippen LogP contribution < -0.4 is 14.4 Å². The van der Waals surface area contributed by atoms with E-state index in [0.29, 0.717) is 23.7 Å². The first-order chi connectivity index (χ1) is 18.0. The molecule has 1 N–H and O–H groups in total. The fourth-order valence-electron chi connectivity index (χ4n) is 4.01. The summed E-state index contributed by atoms with van der Waals surface area (Å²) in [6, 6.07) is 11.2. The van der Waals surface area contributed by atoms with Crippen LogP contribution in [0.1, 0.15) is 51.5 Å². The van der Waals surface area contributed by atoms with E-state index >= 15 is 0 Å². The van der Waals surface area contributed by atoms with Crippen LogP contribution >= 0.6 is 23.2 Å². The smallest absolute Gasteiger partial charge is 0.242 e. The summed E-state index contributed by atoms with van der Waals surface area (Å²) in [5.74, 6) is 0.242. The lowest BCUT2D eigenvalue weighted by atomic mass is 10.1. The number of amides is 2. The third kappa shape index (κ3) is 9.36. The monoisotopic (exact) mass is 585 g/mol. The third-order valence-electron chi connectivity index (χ3n) is 6.06. The molecule has 0 spiro atoms. The number of hydrogen-bond donors (Lipinski definition) is 1. The van der Waals surface area contributed by atoms with Crippen LogP contribution in [0.5, 0.6) is 5.75 Å². The average molecular weight is 587 g/mol. The van der Waals surface area contributed by atoms with Gasteiger partial charge in [0, 0.05) is 31.1 Å². The third-order valence-corrected chi connectivity index (χ3v) is 7.79. The maximum Gasteiger partial charge on any atom is 0.242 e. The van der Waals surface area contributed by atoms with Crippen LogP contribution in [0.3, 0.4) is 0 Å². The van der Waals surface area contributed by atoms with E-state index in [1.165, 1.54) is 12.1 Å². The lowest BCUT2D eigenvalue weighted by Crippen LogP contribution is -2.49. The predicted molar refractivity (Wildman–Crippen MR) is 153 cm³/mol. The van der Waals surface area contributed by atoms with Gasteiger partial charge in [-0.05, 0) is 55.2 Å². The molecule has 0 heterocycles. The van der Waals surface area contributed by atoms with E-state index in [1.54, 1.807) is 30.2 Å². The second-order valence-corrected chi connectivity index (χ2v) is 11.7. The van der Waals surface area contributed by atoms with E-state index in [1.807, 2.05) is 26.0 Å². The van der Waals surface area contributed by atoms with E-state index in [9.17, 15) is 18.0 Å². The Morgan fingerprint density at radius 1 is 1.05 bits per heavy atom. The van der Waals surface area contributed by atoms with Crippen LogP contribution in [-0.2, 0) is 26.2 Å². The van der Waals surface area contributed by atoms with Gasteiger partial charge in [0.25, 0.3) is 0 Å². The molecule has 2 aromatic carbocycles. The minimum Gasteiger partial charge on any atom is -0.497 e. The maximum atomic E-state index is 13.5. The topological polar surface area (TPSA) is 96.0 Å². The Morgan fingerprint density at radius 2 is 1.74 bits per heavy atom. The van der Waals surface area contributed by atoms with E-state index in [2.05, 4.69) is 5.32 Å². The summed E-state index contributed by atoms with van der Waals surface area (Å²) >= 11 is 12.3. The van der Waals surface area contributed by atoms with Crippen molar-refractivity contribution in [3.8, 4) is 5.75 Å². The molecule has 0 saturated heterocycles. The van der Waals surface area contributed by atoms with Crippen LogP contribution in [0, 0.1) is 0 Å². The number of nitrogens with zero attached hydrogens (tertiary/aromatic N) is 2. The zero-order valence-corrected chi connectivity index (χ0v) is 24.7. The Balaban J connectivity index is 2.23. The fourth-order valence-corrected chi connectivity index (χ4v) is 5.42. The lowest BCUT2D eigenvalue weighted by molar-refractivity contribution is -0.141. The molecule has 0 fully saturated rings. The number of sulfonamides is 1. The van der Waals surface area contributed by atoms with Crippen molar-refractivity contribution in [2.75, 3.05) is 30.8 Å². The van der Waals surface area contributed by atoms with Gasteiger partial charge in [0.05, 0.1) is 24.1 Å². The molecule has 0 aliphatic carbocycles. The van der Waals surface area contributed by atoms with E-state index in [-0.39, 0.29) is 48.5 Å². The van der Waals surface area contributed by atoms with Crippen molar-refractivity contribution in [1.82, 2.24) is 10.2 Å². The summed E-state index contributed by atoms with van der Waals surface area (Å²) in [5, 5.41) is 3.52. The van der Waals surface area contributed by atoms with Gasteiger partial charge in [-0.3, -0.25) is 13.9 Å². The molecular weight excluding hydrogens is 549 g/mol. The number of halogens is 2. The second kappa shape index (κ2) is 15.2. The average Bonchev–Trinajstić information content (AvgIpc) is 2.87. The summed E-state index contributed by atoms with van der Waals surface area (Å²) in [5.41, 5.74) is 1.10. The molecule has 0 unspecified atom stereocenters. The molecule has 8 nitrogen and oxygen atoms in total. The Hall–Kier alpha value is -2.49. The highest BCUT2D eigenvalue weighted by Gasteiger charge is 2.29. The minimum atomic E-state index is -3.69. The SMILES string of the molecule is CCCCNC(=O)[C@@H](CC)N(Cc1ccc(OC)cc1)C(=O)CCCN(c1cc(Cl)ccc1Cl)S(C)(=O)=O. The Kier molecular flexibility index (Phi) is 12.7. The summed E-state index contributed by atoms with van der Waals surface area (Å²) in [6.07, 6.45) is 3.57. The molecule has 210 valence electrons. The highest BCUT2D eigenvalue weighted by molar-refractivity contribution is 7.92. The fraction of sp³-hybridized carbons (Fsp3) is 0.481. The van der Waals surface area contributed by atoms with Gasteiger partial charge in [-0.1, -0.05) is 55.6 Å². The molecule has 0 bridgehead atoms. The van der Waals surface area contributed by atoms with Crippen LogP contribution in [0.25, 0.3) is 0 Å². The number of hydrogen-bond acceptors (Lipinski definition) is 5. The van der Waals surface area contributed by atoms with Crippen molar-refractivity contribution >= 4 is 50.7 Å². The van der Waals surface area contributed by atoms with E-state index in [4.69, 9.17) is 27.9 Å². The summed E-state index contributed by atoms with van der Waals surface area (Å²) in [7, 11) is -2.11. The quantitative estimate of drug-likeness (QED) is 0.287. The van der Waals surface area contributed by atoms with Gasteiger partial charge in [0.1, 0.15) is 11.8 Å². The van der Waals surface area contributed by atoms with Gasteiger partial charge in [0.2, 0.25) is 21.8 Å². The van der Waals surface area contributed by atoms with E-state index < -0.39 is 16.1 Å². The Morgan fingerprint density at radius 3 is 2.32 bits per heavy atom. The number of rotatable bonds is 15. The molecule has 11 heteroatoms. The highest BCUT2D eigenvalue weighted by atomic mass is 35.5. The zero-order valence-electron chi connectivity index (χ0n) is 22.4. The normalized spacial score (nSPS) is 12.1. The number of unbranched alkanes of at least 4 members (excludes halogenated alkanes) is 1. The number of carbonyl (C=O) groups excluding carboxylic acids is 2. The number of benzene rings is 2. The summed E-state index contributed by atoms with van der Waals surface area (Å²) in [6.45, 7) is 4.71. The van der Waals surface area contributed by atoms with Crippen LogP contribution in [0.2, 0.25) is 10.0 Å². The summed E-state index contributed by atoms with van der Waals surface area (Å²) in [4.78, 5) is 28.1. The molecule has 0 saturated carbocycles. The van der Waals surface area contributed by atoms with Gasteiger partial charge >= 0.3 is 0 Å². The predicted octanol–water partition coefficient (Wildman–Crippen LogP) is 5.27. The van der Waals surface area contributed by atoms with Crippen molar-refractivity contribution in [3.63, 3.8) is 0 Å². The van der Waals surface area contributed by atoms with Crippen LogP contribution in [0.4, 0.5) is 5.69 Å². The molecule has 0 aliphatic rings. The van der Waals surface area contributed by atoms with Crippen molar-refractivity contribution in [3.05, 3.63) is 58.1 Å². The molecule has 2 amide bonds. The molecule has 1 atom stereocenters. The second-order valence-electron chi connectivity index (χ2n) is 8.97. The first-order valence-electron chi connectivity index (χ1n) is 12.6. The van der Waals surface area contributed by atoms with Gasteiger partial charge in [-0.2, -0.15) is 0 Å². The molecule has 2 aromatic rings. The Labute approximate surface area is 236 Å². The molecule has 38 heavy (non-hydrogen) atoms. The Bertz CT molecular complexity index is 1180. The number of anilines is 1. The lowest BCUT2D eigenvalue weighted by Gasteiger charge is -2.31. The first-order valence-corrected chi connectivity index (χ1v) is 15.2. The van der Waals surface area contributed by atoms with Crippen molar-refractivity contribution in [2.24, 2.45) is 0 Å². The van der Waals surface area contributed by atoms with Gasteiger partial charge in [-0.25, -0.2) is 8.42 Å². The summed E-state index contributed by atoms with van der Waals surface area (Å²) < 4.78 is 31.4. The minimum absolute atomic E-state index is 0.0283. The number of methoxy groups -OCH3 is 1. The van der Waals surface area contributed by atoms with E-state index in [0.717, 1.165) is 29.0 Å². The number of ether oxygens (including phenoxy) is 1. The van der Waals surface area contributed by atoms with Crippen LogP contribution in [-0.4, -0.2) is 57.6 Å². The molecular formula is C27H37Cl2N3O5S. The maximum absolute atomic E-state index is 13.5. The largest absolute Gasteiger partial charge is 0.497 e. The highest BCUT2D eigenvalue weighted by Crippen LogP contribution is 2.31. The molecule has 0 aromatic heterocycles. The van der Waals surface area contributed by atoms with Gasteiger partial charge in [0.15, 0.2) is 0 Å². The zero-order chi connectivity index (χ0) is 28.3. The standard InChI is InChI=1S/C27H37Cl2N3O5S/c1-5-7-16-30-27(34)24(6-2)31(19-20-10-13-22(37-3)14-11-20)26(33)9-8-17-32(38(4,35)36)25-18-21(28)12-15-23(25)29/h10-15,18,24H,5-9,16-17,19H2,1-4H3,(H,30,34)/t24-/m1/s1. The first kappa shape index (κ1) is 31.7. The van der Waals surface area contributed by atoms with Crippen molar-refractivity contribution in [1.29, 1.82) is 0 Å². The van der Waals surface area contributed by atoms with Gasteiger partial charge < -0.3 is 15.0 Å². The molecule has 2 rings (SSSR count).